The van der Waals surface area contributed by atoms with Crippen molar-refractivity contribution in [2.24, 2.45) is 0 Å². The molecule has 4 aromatic carbocycles. The third-order valence-electron chi connectivity index (χ3n) is 8.74. The molecule has 0 amide bonds. The van der Waals surface area contributed by atoms with Crippen LogP contribution in [0.15, 0.2) is 121 Å². The Morgan fingerprint density at radius 2 is 0.738 bits per heavy atom. The maximum Gasteiger partial charge on any atom is 0.356 e. The Morgan fingerprint density at radius 1 is 0.500 bits per heavy atom. The van der Waals surface area contributed by atoms with Gasteiger partial charge in [-0.05, 0) is 37.2 Å². The zero-order valence-corrected chi connectivity index (χ0v) is 31.2. The second-order valence-electron chi connectivity index (χ2n) is 13.2. The van der Waals surface area contributed by atoms with Gasteiger partial charge in [0.05, 0.1) is 0 Å². The molecule has 4 rings (SSSR count). The van der Waals surface area contributed by atoms with Gasteiger partial charge in [0, 0.05) is 5.67 Å². The Hall–Kier alpha value is -1.64. The SMILES string of the molecule is CCC(N([Si](c1ccccc1)(c1ccccc1)C(C)(C)C)[Si](c1ccccc1)(c1ccccc1)C(C)(C)C)[Si](Cl)(Cl)Cl. The van der Waals surface area contributed by atoms with Gasteiger partial charge in [0.25, 0.3) is 0 Å². The summed E-state index contributed by atoms with van der Waals surface area (Å²) < 4.78 is 2.94. The van der Waals surface area contributed by atoms with E-state index in [4.69, 9.17) is 33.2 Å². The minimum Gasteiger partial charge on any atom is -0.327 e. The molecular weight excluding hydrogens is 625 g/mol. The van der Waals surface area contributed by atoms with E-state index in [1.807, 2.05) is 0 Å². The molecule has 1 atom stereocenters. The molecule has 0 aliphatic heterocycles. The first kappa shape index (κ1) is 33.3. The van der Waals surface area contributed by atoms with Crippen LogP contribution in [0.2, 0.25) is 10.1 Å². The van der Waals surface area contributed by atoms with E-state index in [1.165, 1.54) is 20.7 Å². The van der Waals surface area contributed by atoms with E-state index >= 15 is 0 Å². The molecule has 0 spiro atoms. The second kappa shape index (κ2) is 12.8. The van der Waals surface area contributed by atoms with Crippen molar-refractivity contribution in [2.45, 2.75) is 70.6 Å². The summed E-state index contributed by atoms with van der Waals surface area (Å²) >= 11 is 22.0. The maximum absolute atomic E-state index is 7.33. The number of benzene rings is 4. The third-order valence-corrected chi connectivity index (χ3v) is 26.0. The second-order valence-corrected chi connectivity index (χ2v) is 31.6. The van der Waals surface area contributed by atoms with Gasteiger partial charge in [-0.1, -0.05) is 170 Å². The summed E-state index contributed by atoms with van der Waals surface area (Å²) in [6, 6.07) is 41.3. The van der Waals surface area contributed by atoms with Gasteiger partial charge in [0.2, 0.25) is 0 Å². The molecule has 42 heavy (non-hydrogen) atoms. The highest BCUT2D eigenvalue weighted by molar-refractivity contribution is 7.65. The van der Waals surface area contributed by atoms with Crippen molar-refractivity contribution in [2.75, 3.05) is 0 Å². The fourth-order valence-electron chi connectivity index (χ4n) is 7.34. The van der Waals surface area contributed by atoms with Crippen LogP contribution in [0, 0.1) is 0 Å². The van der Waals surface area contributed by atoms with Crippen LogP contribution in [0.5, 0.6) is 0 Å². The van der Waals surface area contributed by atoms with Gasteiger partial charge in [-0.2, -0.15) is 0 Å². The highest BCUT2D eigenvalue weighted by Crippen LogP contribution is 2.50. The van der Waals surface area contributed by atoms with Gasteiger partial charge in [0.15, 0.2) is 16.5 Å². The predicted octanol–water partition coefficient (Wildman–Crippen LogP) is 8.38. The van der Waals surface area contributed by atoms with Crippen LogP contribution in [-0.2, 0) is 0 Å². The van der Waals surface area contributed by atoms with E-state index in [2.05, 4.69) is 174 Å². The number of hydrogen-bond donors (Lipinski definition) is 0. The molecule has 1 unspecified atom stereocenters. The number of nitrogens with zero attached hydrogens (tertiary/aromatic N) is 1. The van der Waals surface area contributed by atoms with Crippen molar-refractivity contribution in [1.29, 1.82) is 0 Å². The van der Waals surface area contributed by atoms with Crippen LogP contribution in [0.3, 0.4) is 0 Å². The minimum absolute atomic E-state index is 0.180. The van der Waals surface area contributed by atoms with Crippen LogP contribution in [-0.4, -0.2) is 32.4 Å². The van der Waals surface area contributed by atoms with Crippen LogP contribution in [0.1, 0.15) is 54.9 Å². The highest BCUT2D eigenvalue weighted by Gasteiger charge is 2.67. The van der Waals surface area contributed by atoms with Gasteiger partial charge in [0.1, 0.15) is 0 Å². The topological polar surface area (TPSA) is 3.24 Å². The smallest absolute Gasteiger partial charge is 0.327 e. The molecule has 7 heteroatoms. The molecule has 0 aliphatic rings. The number of rotatable bonds is 9. The molecule has 0 N–H and O–H groups in total. The average molecular weight is 669 g/mol. The quantitative estimate of drug-likeness (QED) is 0.128. The molecule has 0 bridgehead atoms. The van der Waals surface area contributed by atoms with Crippen molar-refractivity contribution in [1.82, 2.24) is 4.23 Å². The molecule has 1 nitrogen and oxygen atoms in total. The van der Waals surface area contributed by atoms with E-state index in [0.717, 1.165) is 6.42 Å². The first-order valence-corrected chi connectivity index (χ1v) is 23.8. The Morgan fingerprint density at radius 3 is 0.905 bits per heavy atom. The summed E-state index contributed by atoms with van der Waals surface area (Å²) in [4.78, 5) is 0. The van der Waals surface area contributed by atoms with Crippen molar-refractivity contribution in [3.63, 3.8) is 0 Å². The molecule has 0 fully saturated rings. The van der Waals surface area contributed by atoms with Gasteiger partial charge in [-0.3, -0.25) is 0 Å². The third kappa shape index (κ3) is 5.77. The lowest BCUT2D eigenvalue weighted by Gasteiger charge is -2.64. The van der Waals surface area contributed by atoms with Gasteiger partial charge < -0.3 is 4.23 Å². The first-order valence-electron chi connectivity index (χ1n) is 14.8. The minimum atomic E-state index is -3.35. The lowest BCUT2D eigenvalue weighted by Crippen LogP contribution is -2.90. The average Bonchev–Trinajstić information content (AvgIpc) is 2.94. The summed E-state index contributed by atoms with van der Waals surface area (Å²) in [6.45, 7) is 16.7. The molecule has 0 aromatic heterocycles. The van der Waals surface area contributed by atoms with E-state index in [1.54, 1.807) is 0 Å². The highest BCUT2D eigenvalue weighted by atomic mass is 35.8. The van der Waals surface area contributed by atoms with Crippen molar-refractivity contribution >= 4 is 76.5 Å². The van der Waals surface area contributed by atoms with Gasteiger partial charge in [-0.25, -0.2) is 0 Å². The van der Waals surface area contributed by atoms with Crippen LogP contribution >= 0.6 is 33.2 Å². The monoisotopic (exact) mass is 667 g/mol. The molecule has 0 saturated heterocycles. The lowest BCUT2D eigenvalue weighted by molar-refractivity contribution is 0.489. The summed E-state index contributed by atoms with van der Waals surface area (Å²) in [5.41, 5.74) is -0.222. The van der Waals surface area contributed by atoms with Crippen molar-refractivity contribution < 1.29 is 0 Å². The zero-order valence-electron chi connectivity index (χ0n) is 25.9. The van der Waals surface area contributed by atoms with E-state index < -0.39 is 22.5 Å². The molecule has 4 aromatic rings. The predicted molar refractivity (Wildman–Crippen MR) is 194 cm³/mol. The van der Waals surface area contributed by atoms with Crippen molar-refractivity contribution in [3.05, 3.63) is 121 Å². The lowest BCUT2D eigenvalue weighted by atomic mass is 10.2. The van der Waals surface area contributed by atoms with Crippen molar-refractivity contribution in [3.8, 4) is 0 Å². The fraction of sp³-hybridized carbons (Fsp3) is 0.314. The van der Waals surface area contributed by atoms with E-state index in [9.17, 15) is 0 Å². The zero-order chi connectivity index (χ0) is 30.8. The molecule has 0 radical (unpaired) electrons. The van der Waals surface area contributed by atoms with Crippen LogP contribution < -0.4 is 20.7 Å². The molecule has 0 heterocycles. The maximum atomic E-state index is 7.33. The van der Waals surface area contributed by atoms with Gasteiger partial charge >= 0.3 is 6.00 Å². The Labute approximate surface area is 271 Å². The summed E-state index contributed by atoms with van der Waals surface area (Å²) in [5, 5.41) is 5.02. The first-order chi connectivity index (χ1) is 19.7. The fourth-order valence-corrected chi connectivity index (χ4v) is 30.4. The Bertz CT molecular complexity index is 1240. The number of halogens is 3. The summed E-state index contributed by atoms with van der Waals surface area (Å²) in [7, 11) is -6.01. The standard InChI is InChI=1S/C35H44Cl3NSi3/c1-8-33(42(36,37)38)39(40(34(2,3)4,29-21-13-9-14-22-29)30-23-15-10-16-24-30)41(35(5,6)7,31-25-17-11-18-26-31)32-27-19-12-20-28-32/h9-28,33H,8H2,1-7H3. The molecule has 0 aliphatic carbocycles. The Balaban J connectivity index is 2.40. The molecule has 222 valence electrons. The molecule has 0 saturated carbocycles. The van der Waals surface area contributed by atoms with Gasteiger partial charge in [-0.15, -0.1) is 33.2 Å². The van der Waals surface area contributed by atoms with Crippen LogP contribution in [0.4, 0.5) is 0 Å². The number of hydrogen-bond acceptors (Lipinski definition) is 1. The summed E-state index contributed by atoms with van der Waals surface area (Å²) in [6.07, 6.45) is 0.748. The summed E-state index contributed by atoms with van der Waals surface area (Å²) in [5.74, 6) is 0. The largest absolute Gasteiger partial charge is 0.356 e. The van der Waals surface area contributed by atoms with E-state index in [0.29, 0.717) is 0 Å². The normalized spacial score (nSPS) is 14.2. The van der Waals surface area contributed by atoms with E-state index in [-0.39, 0.29) is 15.7 Å². The Kier molecular flexibility index (Phi) is 10.1. The van der Waals surface area contributed by atoms with Crippen LogP contribution in [0.25, 0.3) is 0 Å². The molecular formula is C35H44Cl3NSi3.